The third kappa shape index (κ3) is 2.53. The van der Waals surface area contributed by atoms with E-state index in [0.29, 0.717) is 24.2 Å². The fourth-order valence-corrected chi connectivity index (χ4v) is 2.86. The van der Waals surface area contributed by atoms with Crippen LogP contribution in [0, 0.1) is 0 Å². The van der Waals surface area contributed by atoms with Gasteiger partial charge in [-0.1, -0.05) is 18.2 Å². The molecule has 5 nitrogen and oxygen atoms in total. The molecule has 8 heteroatoms. The van der Waals surface area contributed by atoms with Crippen LogP contribution in [-0.4, -0.2) is 21.6 Å². The molecule has 3 heterocycles. The number of hydrogen-bond donors (Lipinski definition) is 2. The number of rotatable bonds is 2. The van der Waals surface area contributed by atoms with Crippen molar-refractivity contribution < 1.29 is 17.9 Å². The normalized spacial score (nSPS) is 17.4. The number of para-hydroxylation sites is 1. The van der Waals surface area contributed by atoms with Gasteiger partial charge < -0.3 is 15.0 Å². The second-order valence-electron chi connectivity index (χ2n) is 5.54. The van der Waals surface area contributed by atoms with Crippen LogP contribution >= 0.6 is 0 Å². The lowest BCUT2D eigenvalue weighted by Crippen LogP contribution is -2.20. The summed E-state index contributed by atoms with van der Waals surface area (Å²) in [5.74, 6) is 1.14. The molecule has 24 heavy (non-hydrogen) atoms. The van der Waals surface area contributed by atoms with E-state index in [1.54, 1.807) is 0 Å². The second kappa shape index (κ2) is 5.40. The lowest BCUT2D eigenvalue weighted by atomic mass is 10.0. The number of H-pyrrole nitrogens is 1. The number of benzene rings is 1. The van der Waals surface area contributed by atoms with Crippen molar-refractivity contribution in [3.63, 3.8) is 0 Å². The molecule has 1 aliphatic rings. The third-order valence-corrected chi connectivity index (χ3v) is 4.00. The Bertz CT molecular complexity index is 890. The number of nitrogens with zero attached hydrogens (tertiary/aromatic N) is 2. The number of aromatic nitrogens is 3. The van der Waals surface area contributed by atoms with E-state index >= 15 is 0 Å². The maximum atomic E-state index is 12.9. The molecule has 2 aromatic heterocycles. The zero-order chi connectivity index (χ0) is 16.7. The molecule has 1 atom stereocenters. The smallest absolute Gasteiger partial charge is 0.431 e. The predicted octanol–water partition coefficient (Wildman–Crippen LogP) is 3.91. The van der Waals surface area contributed by atoms with Gasteiger partial charge in [-0.05, 0) is 12.1 Å². The van der Waals surface area contributed by atoms with E-state index in [1.807, 2.05) is 24.3 Å². The van der Waals surface area contributed by atoms with Gasteiger partial charge in [0, 0.05) is 12.0 Å². The standard InChI is InChI=1S/C16H13F3N4O/c17-16(18,19)13-7-10-14(20-8-21-15(10)23-13)22-11-5-6-24-12-4-2-1-3-9(11)12/h1-4,7-8,11H,5-6H2,(H2,20,21,22,23)/t11-/m1/s1. The Morgan fingerprint density at radius 2 is 2.04 bits per heavy atom. The van der Waals surface area contributed by atoms with Gasteiger partial charge in [-0.25, -0.2) is 9.97 Å². The van der Waals surface area contributed by atoms with E-state index in [4.69, 9.17) is 4.74 Å². The summed E-state index contributed by atoms with van der Waals surface area (Å²) in [6.45, 7) is 0.532. The molecule has 1 aliphatic heterocycles. The van der Waals surface area contributed by atoms with Crippen molar-refractivity contribution in [1.82, 2.24) is 15.0 Å². The number of ether oxygens (including phenoxy) is 1. The Morgan fingerprint density at radius 3 is 2.88 bits per heavy atom. The van der Waals surface area contributed by atoms with Gasteiger partial charge in [0.05, 0.1) is 18.0 Å². The summed E-state index contributed by atoms with van der Waals surface area (Å²) in [5, 5.41) is 3.54. The summed E-state index contributed by atoms with van der Waals surface area (Å²) in [4.78, 5) is 10.3. The fraction of sp³-hybridized carbons (Fsp3) is 0.250. The maximum absolute atomic E-state index is 12.9. The van der Waals surface area contributed by atoms with E-state index in [9.17, 15) is 13.2 Å². The molecule has 0 unspecified atom stereocenters. The summed E-state index contributed by atoms with van der Waals surface area (Å²) in [6.07, 6.45) is -2.52. The Morgan fingerprint density at radius 1 is 1.21 bits per heavy atom. The van der Waals surface area contributed by atoms with E-state index in [0.717, 1.165) is 17.4 Å². The molecule has 4 rings (SSSR count). The van der Waals surface area contributed by atoms with Gasteiger partial charge in [-0.15, -0.1) is 0 Å². The second-order valence-corrected chi connectivity index (χ2v) is 5.54. The highest BCUT2D eigenvalue weighted by molar-refractivity contribution is 5.88. The summed E-state index contributed by atoms with van der Waals surface area (Å²) in [5.41, 5.74) is 0.274. The quantitative estimate of drug-likeness (QED) is 0.746. The Balaban J connectivity index is 1.72. The zero-order valence-electron chi connectivity index (χ0n) is 12.4. The summed E-state index contributed by atoms with van der Waals surface area (Å²) in [6, 6.07) is 8.53. The number of aromatic amines is 1. The summed E-state index contributed by atoms with van der Waals surface area (Å²) in [7, 11) is 0. The minimum Gasteiger partial charge on any atom is -0.493 e. The molecule has 1 aromatic carbocycles. The van der Waals surface area contributed by atoms with Crippen LogP contribution < -0.4 is 10.1 Å². The van der Waals surface area contributed by atoms with Crippen LogP contribution in [0.4, 0.5) is 19.0 Å². The molecule has 0 saturated heterocycles. The first-order chi connectivity index (χ1) is 11.5. The van der Waals surface area contributed by atoms with Gasteiger partial charge in [0.25, 0.3) is 0 Å². The monoisotopic (exact) mass is 334 g/mol. The van der Waals surface area contributed by atoms with Crippen molar-refractivity contribution in [2.45, 2.75) is 18.6 Å². The Labute approximate surface area is 134 Å². The minimum atomic E-state index is -4.46. The van der Waals surface area contributed by atoms with E-state index in [-0.39, 0.29) is 11.7 Å². The molecular formula is C16H13F3N4O. The molecule has 2 N–H and O–H groups in total. The van der Waals surface area contributed by atoms with Crippen molar-refractivity contribution >= 4 is 16.9 Å². The van der Waals surface area contributed by atoms with E-state index in [1.165, 1.54) is 6.33 Å². The highest BCUT2D eigenvalue weighted by atomic mass is 19.4. The molecule has 0 fully saturated rings. The van der Waals surface area contributed by atoms with Crippen molar-refractivity contribution in [2.75, 3.05) is 11.9 Å². The van der Waals surface area contributed by atoms with Crippen LogP contribution in [0.1, 0.15) is 23.7 Å². The number of anilines is 1. The Kier molecular flexibility index (Phi) is 3.33. The molecule has 124 valence electrons. The molecule has 0 saturated carbocycles. The first kappa shape index (κ1) is 14.8. The molecule has 3 aromatic rings. The van der Waals surface area contributed by atoms with Crippen LogP contribution in [0.15, 0.2) is 36.7 Å². The predicted molar refractivity (Wildman–Crippen MR) is 81.8 cm³/mol. The summed E-state index contributed by atoms with van der Waals surface area (Å²) < 4.78 is 44.3. The van der Waals surface area contributed by atoms with Gasteiger partial charge in [-0.2, -0.15) is 13.2 Å². The van der Waals surface area contributed by atoms with Crippen LogP contribution in [-0.2, 0) is 6.18 Å². The number of alkyl halides is 3. The lowest BCUT2D eigenvalue weighted by Gasteiger charge is -2.27. The Hall–Kier alpha value is -2.77. The van der Waals surface area contributed by atoms with Gasteiger partial charge in [-0.3, -0.25) is 0 Å². The molecule has 0 bridgehead atoms. The molecule has 0 radical (unpaired) electrons. The molecule has 0 spiro atoms. The number of hydrogen-bond acceptors (Lipinski definition) is 4. The first-order valence-electron chi connectivity index (χ1n) is 7.41. The fourth-order valence-electron chi connectivity index (χ4n) is 2.86. The van der Waals surface area contributed by atoms with E-state index < -0.39 is 11.9 Å². The minimum absolute atomic E-state index is 0.0858. The number of fused-ring (bicyclic) bond motifs is 2. The highest BCUT2D eigenvalue weighted by Gasteiger charge is 2.33. The highest BCUT2D eigenvalue weighted by Crippen LogP contribution is 2.36. The first-order valence-corrected chi connectivity index (χ1v) is 7.41. The van der Waals surface area contributed by atoms with Crippen LogP contribution in [0.25, 0.3) is 11.0 Å². The van der Waals surface area contributed by atoms with E-state index in [2.05, 4.69) is 20.3 Å². The largest absolute Gasteiger partial charge is 0.493 e. The van der Waals surface area contributed by atoms with Crippen LogP contribution in [0.2, 0.25) is 0 Å². The molecule has 0 aliphatic carbocycles. The average Bonchev–Trinajstić information content (AvgIpc) is 3.01. The lowest BCUT2D eigenvalue weighted by molar-refractivity contribution is -0.140. The zero-order valence-corrected chi connectivity index (χ0v) is 12.4. The SMILES string of the molecule is FC(F)(F)c1cc2c(N[C@@H]3CCOc4ccccc43)ncnc2[nH]1. The van der Waals surface area contributed by atoms with Crippen molar-refractivity contribution in [1.29, 1.82) is 0 Å². The van der Waals surface area contributed by atoms with Gasteiger partial charge in [0.15, 0.2) is 0 Å². The van der Waals surface area contributed by atoms with Crippen molar-refractivity contribution in [3.05, 3.63) is 47.9 Å². The number of halogens is 3. The van der Waals surface area contributed by atoms with Crippen LogP contribution in [0.3, 0.4) is 0 Å². The van der Waals surface area contributed by atoms with Gasteiger partial charge in [0.2, 0.25) is 0 Å². The van der Waals surface area contributed by atoms with Gasteiger partial charge >= 0.3 is 6.18 Å². The number of nitrogens with one attached hydrogen (secondary N) is 2. The molecular weight excluding hydrogens is 321 g/mol. The third-order valence-electron chi connectivity index (χ3n) is 4.00. The van der Waals surface area contributed by atoms with Crippen molar-refractivity contribution in [3.8, 4) is 5.75 Å². The molecule has 0 amide bonds. The van der Waals surface area contributed by atoms with Crippen molar-refractivity contribution in [2.24, 2.45) is 0 Å². The maximum Gasteiger partial charge on any atom is 0.431 e. The van der Waals surface area contributed by atoms with Crippen LogP contribution in [0.5, 0.6) is 5.75 Å². The topological polar surface area (TPSA) is 62.8 Å². The van der Waals surface area contributed by atoms with Gasteiger partial charge in [0.1, 0.15) is 29.2 Å². The summed E-state index contributed by atoms with van der Waals surface area (Å²) >= 11 is 0. The average molecular weight is 334 g/mol.